The Labute approximate surface area is 165 Å². The highest BCUT2D eigenvalue weighted by Crippen LogP contribution is 2.35. The van der Waals surface area contributed by atoms with Crippen LogP contribution in [0.1, 0.15) is 24.8 Å². The van der Waals surface area contributed by atoms with Crippen LogP contribution in [0.2, 0.25) is 0 Å². The first kappa shape index (κ1) is 19.2. The second-order valence-electron chi connectivity index (χ2n) is 7.85. The molecule has 1 aromatic carbocycles. The number of hydrogen-bond donors (Lipinski definition) is 0. The number of benzene rings is 1. The van der Waals surface area contributed by atoms with Crippen LogP contribution in [0.4, 0.5) is 5.69 Å². The van der Waals surface area contributed by atoms with Crippen molar-refractivity contribution in [1.29, 1.82) is 0 Å². The number of ether oxygens (including phenoxy) is 3. The minimum Gasteiger partial charge on any atom is -0.495 e. The quantitative estimate of drug-likeness (QED) is 0.789. The lowest BCUT2D eigenvalue weighted by Crippen LogP contribution is -2.44. The normalized spacial score (nSPS) is 24.2. The number of nitrogens with zero attached hydrogens (tertiary/aromatic N) is 2. The molecule has 1 atom stereocenters. The van der Waals surface area contributed by atoms with Crippen LogP contribution in [0.5, 0.6) is 5.75 Å². The van der Waals surface area contributed by atoms with E-state index in [1.807, 2.05) is 30.0 Å². The highest BCUT2D eigenvalue weighted by Gasteiger charge is 2.40. The van der Waals surface area contributed by atoms with Gasteiger partial charge in [-0.3, -0.25) is 9.59 Å². The third-order valence-corrected chi connectivity index (χ3v) is 5.98. The van der Waals surface area contributed by atoms with Crippen LogP contribution in [-0.2, 0) is 19.1 Å². The number of rotatable bonds is 4. The van der Waals surface area contributed by atoms with Gasteiger partial charge < -0.3 is 24.0 Å². The van der Waals surface area contributed by atoms with Gasteiger partial charge in [0.2, 0.25) is 11.8 Å². The first-order valence-electron chi connectivity index (χ1n) is 10.0. The monoisotopic (exact) mass is 388 g/mol. The fourth-order valence-electron chi connectivity index (χ4n) is 4.42. The van der Waals surface area contributed by atoms with Gasteiger partial charge in [0, 0.05) is 32.0 Å². The molecule has 0 N–H and O–H groups in total. The standard InChI is InChI=1S/C21H28N2O5/c1-14-3-4-18(26-2)17(11-14)23-13-16(12-19(23)24)20(25)22-7-5-15(6-8-22)21-27-9-10-28-21/h3-4,11,15-16,21H,5-10,12-13H2,1-2H3. The summed E-state index contributed by atoms with van der Waals surface area (Å²) in [6.45, 7) is 5.11. The Morgan fingerprint density at radius 1 is 1.18 bits per heavy atom. The number of aryl methyl sites for hydroxylation is 1. The number of methoxy groups -OCH3 is 1. The third kappa shape index (κ3) is 3.73. The minimum absolute atomic E-state index is 0.0232. The molecule has 3 heterocycles. The van der Waals surface area contributed by atoms with Crippen molar-refractivity contribution in [2.24, 2.45) is 11.8 Å². The summed E-state index contributed by atoms with van der Waals surface area (Å²) in [6, 6.07) is 5.76. The predicted molar refractivity (Wildman–Crippen MR) is 103 cm³/mol. The maximum Gasteiger partial charge on any atom is 0.228 e. The zero-order valence-electron chi connectivity index (χ0n) is 16.6. The third-order valence-electron chi connectivity index (χ3n) is 5.98. The highest BCUT2D eigenvalue weighted by molar-refractivity contribution is 6.01. The topological polar surface area (TPSA) is 68.3 Å². The second-order valence-corrected chi connectivity index (χ2v) is 7.85. The summed E-state index contributed by atoms with van der Waals surface area (Å²) in [4.78, 5) is 29.3. The Bertz CT molecular complexity index is 738. The van der Waals surface area contributed by atoms with Crippen molar-refractivity contribution >= 4 is 17.5 Å². The van der Waals surface area contributed by atoms with Crippen LogP contribution < -0.4 is 9.64 Å². The van der Waals surface area contributed by atoms with Crippen molar-refractivity contribution in [3.8, 4) is 5.75 Å². The summed E-state index contributed by atoms with van der Waals surface area (Å²) >= 11 is 0. The van der Waals surface area contributed by atoms with Gasteiger partial charge in [-0.1, -0.05) is 6.07 Å². The lowest BCUT2D eigenvalue weighted by Gasteiger charge is -2.35. The fourth-order valence-corrected chi connectivity index (χ4v) is 4.42. The molecule has 152 valence electrons. The lowest BCUT2D eigenvalue weighted by atomic mass is 9.95. The Kier molecular flexibility index (Phi) is 5.55. The van der Waals surface area contributed by atoms with E-state index in [0.717, 1.165) is 24.1 Å². The summed E-state index contributed by atoms with van der Waals surface area (Å²) in [5.74, 6) is 0.765. The van der Waals surface area contributed by atoms with Gasteiger partial charge in [-0.2, -0.15) is 0 Å². The van der Waals surface area contributed by atoms with Gasteiger partial charge in [-0.25, -0.2) is 0 Å². The van der Waals surface area contributed by atoms with E-state index in [-0.39, 0.29) is 30.4 Å². The number of likely N-dealkylation sites (tertiary alicyclic amines) is 1. The summed E-state index contributed by atoms with van der Waals surface area (Å²) in [7, 11) is 1.60. The fraction of sp³-hybridized carbons (Fsp3) is 0.619. The SMILES string of the molecule is COc1ccc(C)cc1N1CC(C(=O)N2CCC(C3OCCO3)CC2)CC1=O. The predicted octanol–water partition coefficient (Wildman–Crippen LogP) is 1.97. The van der Waals surface area contributed by atoms with Crippen LogP contribution >= 0.6 is 0 Å². The lowest BCUT2D eigenvalue weighted by molar-refractivity contribution is -0.140. The number of amides is 2. The number of hydrogen-bond acceptors (Lipinski definition) is 5. The van der Waals surface area contributed by atoms with E-state index >= 15 is 0 Å². The van der Waals surface area contributed by atoms with Gasteiger partial charge in [0.15, 0.2) is 6.29 Å². The van der Waals surface area contributed by atoms with Crippen molar-refractivity contribution in [3.05, 3.63) is 23.8 Å². The van der Waals surface area contributed by atoms with Crippen molar-refractivity contribution in [2.45, 2.75) is 32.5 Å². The molecule has 1 unspecified atom stereocenters. The molecule has 3 aliphatic heterocycles. The molecule has 0 radical (unpaired) electrons. The van der Waals surface area contributed by atoms with E-state index in [0.29, 0.717) is 44.5 Å². The molecule has 3 fully saturated rings. The molecular weight excluding hydrogens is 360 g/mol. The summed E-state index contributed by atoms with van der Waals surface area (Å²) in [5.41, 5.74) is 1.80. The van der Waals surface area contributed by atoms with Crippen LogP contribution in [0.3, 0.4) is 0 Å². The molecular formula is C21H28N2O5. The summed E-state index contributed by atoms with van der Waals surface area (Å²) < 4.78 is 16.6. The van der Waals surface area contributed by atoms with E-state index in [1.165, 1.54) is 0 Å². The van der Waals surface area contributed by atoms with E-state index in [1.54, 1.807) is 12.0 Å². The van der Waals surface area contributed by atoms with Crippen LogP contribution in [0.25, 0.3) is 0 Å². The molecule has 7 nitrogen and oxygen atoms in total. The second kappa shape index (κ2) is 8.09. The Morgan fingerprint density at radius 3 is 2.57 bits per heavy atom. The first-order chi connectivity index (χ1) is 13.6. The van der Waals surface area contributed by atoms with Crippen molar-refractivity contribution < 1.29 is 23.8 Å². The van der Waals surface area contributed by atoms with Gasteiger partial charge >= 0.3 is 0 Å². The highest BCUT2D eigenvalue weighted by atomic mass is 16.7. The van der Waals surface area contributed by atoms with Crippen LogP contribution in [0, 0.1) is 18.8 Å². The van der Waals surface area contributed by atoms with Crippen LogP contribution in [0.15, 0.2) is 18.2 Å². The zero-order chi connectivity index (χ0) is 19.7. The Hall–Kier alpha value is -2.12. The molecule has 28 heavy (non-hydrogen) atoms. The number of anilines is 1. The molecule has 0 aliphatic carbocycles. The maximum absolute atomic E-state index is 13.0. The molecule has 0 bridgehead atoms. The molecule has 4 rings (SSSR count). The maximum atomic E-state index is 13.0. The van der Waals surface area contributed by atoms with Crippen molar-refractivity contribution in [3.63, 3.8) is 0 Å². The molecule has 7 heteroatoms. The molecule has 0 aromatic heterocycles. The van der Waals surface area contributed by atoms with Gasteiger partial charge in [-0.05, 0) is 37.5 Å². The van der Waals surface area contributed by atoms with Gasteiger partial charge in [-0.15, -0.1) is 0 Å². The molecule has 1 aromatic rings. The Morgan fingerprint density at radius 2 is 1.89 bits per heavy atom. The number of piperidine rings is 1. The van der Waals surface area contributed by atoms with Crippen molar-refractivity contribution in [2.75, 3.05) is 44.9 Å². The van der Waals surface area contributed by atoms with E-state index < -0.39 is 0 Å². The molecule has 0 spiro atoms. The van der Waals surface area contributed by atoms with Crippen LogP contribution in [-0.4, -0.2) is 63.0 Å². The van der Waals surface area contributed by atoms with E-state index in [4.69, 9.17) is 14.2 Å². The Balaban J connectivity index is 1.39. The van der Waals surface area contributed by atoms with Gasteiger partial charge in [0.05, 0.1) is 31.9 Å². The summed E-state index contributed by atoms with van der Waals surface area (Å²) in [5, 5.41) is 0. The smallest absolute Gasteiger partial charge is 0.228 e. The molecule has 3 aliphatic rings. The minimum atomic E-state index is -0.298. The van der Waals surface area contributed by atoms with Gasteiger partial charge in [0.25, 0.3) is 0 Å². The largest absolute Gasteiger partial charge is 0.495 e. The zero-order valence-corrected chi connectivity index (χ0v) is 16.6. The molecule has 3 saturated heterocycles. The van der Waals surface area contributed by atoms with Gasteiger partial charge in [0.1, 0.15) is 5.75 Å². The first-order valence-corrected chi connectivity index (χ1v) is 10.0. The number of carbonyl (C=O) groups excluding carboxylic acids is 2. The molecule has 2 amide bonds. The average molecular weight is 388 g/mol. The van der Waals surface area contributed by atoms with E-state index in [2.05, 4.69) is 0 Å². The molecule has 0 saturated carbocycles. The van der Waals surface area contributed by atoms with E-state index in [9.17, 15) is 9.59 Å². The average Bonchev–Trinajstić information content (AvgIpc) is 3.37. The van der Waals surface area contributed by atoms with Crippen molar-refractivity contribution in [1.82, 2.24) is 4.90 Å². The summed E-state index contributed by atoms with van der Waals surface area (Å²) in [6.07, 6.45) is 1.90. The number of carbonyl (C=O) groups is 2.